The standard InChI is InChI=1S/C19H32N8O4S/c1-13(2)24-32(29,30)10-9-20-16-23-17(22-15-7-8-21-27(15)16)26-11-14(12-26)25(6)18(28)31-19(3,4)5/h7-8,13-14,24H,9-12H2,1-6H3,(H,20,22,23). The van der Waals surface area contributed by atoms with E-state index in [0.29, 0.717) is 30.6 Å². The Morgan fingerprint density at radius 2 is 2.00 bits per heavy atom. The molecule has 0 bridgehead atoms. The van der Waals surface area contributed by atoms with E-state index in [1.54, 1.807) is 38.1 Å². The zero-order valence-electron chi connectivity index (χ0n) is 19.4. The maximum Gasteiger partial charge on any atom is 0.410 e. The van der Waals surface area contributed by atoms with Gasteiger partial charge in [0.15, 0.2) is 5.65 Å². The van der Waals surface area contributed by atoms with Crippen molar-refractivity contribution in [2.24, 2.45) is 0 Å². The Balaban J connectivity index is 1.65. The molecule has 0 aliphatic carbocycles. The largest absolute Gasteiger partial charge is 0.444 e. The molecule has 0 unspecified atom stereocenters. The molecule has 2 N–H and O–H groups in total. The Hall–Kier alpha value is -2.67. The van der Waals surface area contributed by atoms with Crippen molar-refractivity contribution < 1.29 is 17.9 Å². The fourth-order valence-corrected chi connectivity index (χ4v) is 4.34. The topological polar surface area (TPSA) is 134 Å². The molecule has 0 aromatic carbocycles. The molecule has 2 aromatic heterocycles. The SMILES string of the molecule is CC(C)NS(=O)(=O)CCNc1nc(N2CC(N(C)C(=O)OC(C)(C)C)C2)nc2ccnn12. The quantitative estimate of drug-likeness (QED) is 0.580. The molecule has 1 fully saturated rings. The molecule has 32 heavy (non-hydrogen) atoms. The smallest absolute Gasteiger partial charge is 0.410 e. The second kappa shape index (κ2) is 9.06. The van der Waals surface area contributed by atoms with E-state index in [9.17, 15) is 13.2 Å². The van der Waals surface area contributed by atoms with Crippen molar-refractivity contribution in [3.63, 3.8) is 0 Å². The number of aromatic nitrogens is 4. The molecule has 3 rings (SSSR count). The van der Waals surface area contributed by atoms with Crippen LogP contribution in [-0.2, 0) is 14.8 Å². The zero-order valence-corrected chi connectivity index (χ0v) is 20.2. The zero-order chi connectivity index (χ0) is 23.7. The third-order valence-corrected chi connectivity index (χ3v) is 6.26. The van der Waals surface area contributed by atoms with E-state index in [4.69, 9.17) is 4.74 Å². The molecular formula is C19H32N8O4S. The summed E-state index contributed by atoms with van der Waals surface area (Å²) < 4.78 is 33.6. The highest BCUT2D eigenvalue weighted by molar-refractivity contribution is 7.89. The van der Waals surface area contributed by atoms with Crippen molar-refractivity contribution in [1.29, 1.82) is 0 Å². The van der Waals surface area contributed by atoms with Gasteiger partial charge in [-0.05, 0) is 34.6 Å². The van der Waals surface area contributed by atoms with E-state index in [1.165, 1.54) is 4.52 Å². The summed E-state index contributed by atoms with van der Waals surface area (Å²) in [6.45, 7) is 10.3. The van der Waals surface area contributed by atoms with Crippen molar-refractivity contribution in [2.45, 2.75) is 52.3 Å². The molecule has 0 saturated carbocycles. The van der Waals surface area contributed by atoms with E-state index in [1.807, 2.05) is 25.7 Å². The molecule has 1 amide bonds. The summed E-state index contributed by atoms with van der Waals surface area (Å²) in [6.07, 6.45) is 1.23. The number of hydrogen-bond donors (Lipinski definition) is 2. The van der Waals surface area contributed by atoms with Crippen LogP contribution in [0, 0.1) is 0 Å². The predicted molar refractivity (Wildman–Crippen MR) is 121 cm³/mol. The van der Waals surface area contributed by atoms with Crippen molar-refractivity contribution in [2.75, 3.05) is 42.7 Å². The van der Waals surface area contributed by atoms with Crippen LogP contribution in [0.25, 0.3) is 5.65 Å². The Morgan fingerprint density at radius 1 is 1.31 bits per heavy atom. The van der Waals surface area contributed by atoms with Gasteiger partial charge in [-0.3, -0.25) is 0 Å². The number of rotatable bonds is 8. The third kappa shape index (κ3) is 5.97. The highest BCUT2D eigenvalue weighted by atomic mass is 32.2. The highest BCUT2D eigenvalue weighted by Gasteiger charge is 2.36. The number of likely N-dealkylation sites (N-methyl/N-ethyl adjacent to an activating group) is 1. The summed E-state index contributed by atoms with van der Waals surface area (Å²) in [5.41, 5.74) is 0.0357. The first-order valence-corrected chi connectivity index (χ1v) is 12.2. The molecule has 178 valence electrons. The lowest BCUT2D eigenvalue weighted by Crippen LogP contribution is -2.60. The van der Waals surface area contributed by atoms with Gasteiger partial charge in [-0.2, -0.15) is 19.6 Å². The number of ether oxygens (including phenoxy) is 1. The number of nitrogens with one attached hydrogen (secondary N) is 2. The van der Waals surface area contributed by atoms with Crippen molar-refractivity contribution in [3.8, 4) is 0 Å². The monoisotopic (exact) mass is 468 g/mol. The highest BCUT2D eigenvalue weighted by Crippen LogP contribution is 2.23. The summed E-state index contributed by atoms with van der Waals surface area (Å²) in [5, 5.41) is 7.25. The second-order valence-electron chi connectivity index (χ2n) is 9.12. The number of carbonyl (C=O) groups excluding carboxylic acids is 1. The van der Waals surface area contributed by atoms with Gasteiger partial charge in [-0.25, -0.2) is 17.9 Å². The number of anilines is 2. The van der Waals surface area contributed by atoms with E-state index < -0.39 is 15.6 Å². The Morgan fingerprint density at radius 3 is 2.62 bits per heavy atom. The summed E-state index contributed by atoms with van der Waals surface area (Å²) >= 11 is 0. The Kier molecular flexibility index (Phi) is 6.79. The maximum atomic E-state index is 12.3. The van der Waals surface area contributed by atoms with Gasteiger partial charge >= 0.3 is 6.09 Å². The van der Waals surface area contributed by atoms with Crippen LogP contribution in [0.2, 0.25) is 0 Å². The molecular weight excluding hydrogens is 436 g/mol. The average Bonchev–Trinajstić information content (AvgIpc) is 3.06. The molecule has 0 radical (unpaired) electrons. The summed E-state index contributed by atoms with van der Waals surface area (Å²) in [4.78, 5) is 24.9. The maximum absolute atomic E-state index is 12.3. The van der Waals surface area contributed by atoms with Crippen LogP contribution in [0.4, 0.5) is 16.7 Å². The first-order chi connectivity index (χ1) is 14.8. The third-order valence-electron chi connectivity index (χ3n) is 4.69. The number of carbonyl (C=O) groups is 1. The molecule has 3 heterocycles. The lowest BCUT2D eigenvalue weighted by molar-refractivity contribution is 0.0196. The number of hydrogen-bond acceptors (Lipinski definition) is 9. The van der Waals surface area contributed by atoms with Crippen LogP contribution < -0.4 is 14.9 Å². The fraction of sp³-hybridized carbons (Fsp3) is 0.684. The van der Waals surface area contributed by atoms with Crippen LogP contribution >= 0.6 is 0 Å². The Labute approximate surface area is 188 Å². The number of fused-ring (bicyclic) bond motifs is 1. The van der Waals surface area contributed by atoms with Crippen molar-refractivity contribution >= 4 is 33.7 Å². The molecule has 1 aliphatic rings. The minimum Gasteiger partial charge on any atom is -0.444 e. The Bertz CT molecular complexity index is 1060. The minimum atomic E-state index is -3.39. The summed E-state index contributed by atoms with van der Waals surface area (Å²) in [5.74, 6) is 0.788. The molecule has 12 nitrogen and oxygen atoms in total. The molecule has 2 aromatic rings. The fourth-order valence-electron chi connectivity index (χ4n) is 3.13. The first-order valence-electron chi connectivity index (χ1n) is 10.5. The van der Waals surface area contributed by atoms with Gasteiger partial charge in [-0.1, -0.05) is 0 Å². The lowest BCUT2D eigenvalue weighted by atomic mass is 10.1. The number of amides is 1. The van der Waals surface area contributed by atoms with Crippen LogP contribution in [-0.4, -0.2) is 89.1 Å². The van der Waals surface area contributed by atoms with Gasteiger partial charge < -0.3 is 19.9 Å². The van der Waals surface area contributed by atoms with Crippen LogP contribution in [0.3, 0.4) is 0 Å². The van der Waals surface area contributed by atoms with Gasteiger partial charge in [0.25, 0.3) is 0 Å². The van der Waals surface area contributed by atoms with Crippen LogP contribution in [0.15, 0.2) is 12.3 Å². The van der Waals surface area contributed by atoms with E-state index in [2.05, 4.69) is 25.1 Å². The predicted octanol–water partition coefficient (Wildman–Crippen LogP) is 0.920. The number of nitrogens with zero attached hydrogens (tertiary/aromatic N) is 6. The molecule has 1 aliphatic heterocycles. The van der Waals surface area contributed by atoms with Crippen LogP contribution in [0.5, 0.6) is 0 Å². The normalized spacial score (nSPS) is 15.2. The van der Waals surface area contributed by atoms with Gasteiger partial charge in [0.1, 0.15) is 5.60 Å². The lowest BCUT2D eigenvalue weighted by Gasteiger charge is -2.43. The van der Waals surface area contributed by atoms with Crippen molar-refractivity contribution in [1.82, 2.24) is 29.2 Å². The van der Waals surface area contributed by atoms with Gasteiger partial charge in [-0.15, -0.1) is 0 Å². The molecule has 13 heteroatoms. The summed E-state index contributed by atoms with van der Waals surface area (Å²) in [7, 11) is -1.68. The van der Waals surface area contributed by atoms with E-state index in [-0.39, 0.29) is 30.5 Å². The molecule has 0 spiro atoms. The molecule has 0 atom stereocenters. The van der Waals surface area contributed by atoms with E-state index in [0.717, 1.165) is 0 Å². The van der Waals surface area contributed by atoms with Gasteiger partial charge in [0.05, 0.1) is 18.0 Å². The number of sulfonamides is 1. The average molecular weight is 469 g/mol. The summed E-state index contributed by atoms with van der Waals surface area (Å²) in [6, 6.07) is 1.57. The second-order valence-corrected chi connectivity index (χ2v) is 11.0. The van der Waals surface area contributed by atoms with E-state index >= 15 is 0 Å². The van der Waals surface area contributed by atoms with Gasteiger partial charge in [0, 0.05) is 38.8 Å². The minimum absolute atomic E-state index is 0.0155. The first kappa shape index (κ1) is 24.0. The van der Waals surface area contributed by atoms with Gasteiger partial charge in [0.2, 0.25) is 21.9 Å². The van der Waals surface area contributed by atoms with Crippen LogP contribution in [0.1, 0.15) is 34.6 Å². The molecule has 1 saturated heterocycles. The van der Waals surface area contributed by atoms with Crippen molar-refractivity contribution in [3.05, 3.63) is 12.3 Å².